The third kappa shape index (κ3) is 2.06. The highest BCUT2D eigenvalue weighted by Crippen LogP contribution is 2.36. The van der Waals surface area contributed by atoms with Gasteiger partial charge in [0.2, 0.25) is 0 Å². The predicted molar refractivity (Wildman–Crippen MR) is 60.2 cm³/mol. The number of thiophene rings is 1. The maximum Gasteiger partial charge on any atom is 0.326 e. The molecule has 0 saturated heterocycles. The quantitative estimate of drug-likeness (QED) is 0.854. The summed E-state index contributed by atoms with van der Waals surface area (Å²) in [5, 5.41) is 11.2. The van der Waals surface area contributed by atoms with Gasteiger partial charge in [-0.3, -0.25) is 9.69 Å². The van der Waals surface area contributed by atoms with Gasteiger partial charge >= 0.3 is 5.97 Å². The van der Waals surface area contributed by atoms with Gasteiger partial charge in [-0.25, -0.2) is 0 Å². The van der Waals surface area contributed by atoms with Crippen molar-refractivity contribution < 1.29 is 9.90 Å². The standard InChI is InChI=1S/C11H15NO2S/c1-7-5-6-15-10(7)9(11(13)14)12(2)8-3-4-8/h5-6,8-9H,3-4H2,1-2H3,(H,13,14). The maximum absolute atomic E-state index is 11.3. The number of hydrogen-bond acceptors (Lipinski definition) is 3. The van der Waals surface area contributed by atoms with Gasteiger partial charge < -0.3 is 5.11 Å². The number of carbonyl (C=O) groups is 1. The normalized spacial score (nSPS) is 18.1. The molecule has 4 heteroatoms. The molecule has 1 atom stereocenters. The van der Waals surface area contributed by atoms with Crippen LogP contribution < -0.4 is 0 Å². The summed E-state index contributed by atoms with van der Waals surface area (Å²) in [4.78, 5) is 14.2. The molecule has 3 nitrogen and oxygen atoms in total. The van der Waals surface area contributed by atoms with Gasteiger partial charge in [-0.05, 0) is 43.8 Å². The molecule has 1 saturated carbocycles. The smallest absolute Gasteiger partial charge is 0.326 e. The Morgan fingerprint density at radius 3 is 2.73 bits per heavy atom. The van der Waals surface area contributed by atoms with Gasteiger partial charge in [-0.1, -0.05) is 0 Å². The van der Waals surface area contributed by atoms with Crippen LogP contribution in [-0.2, 0) is 4.79 Å². The van der Waals surface area contributed by atoms with Crippen LogP contribution in [-0.4, -0.2) is 29.1 Å². The molecular weight excluding hydrogens is 210 g/mol. The largest absolute Gasteiger partial charge is 0.480 e. The van der Waals surface area contributed by atoms with Crippen molar-refractivity contribution in [3.05, 3.63) is 21.9 Å². The number of rotatable bonds is 4. The van der Waals surface area contributed by atoms with E-state index in [1.54, 1.807) is 0 Å². The van der Waals surface area contributed by atoms with Crippen molar-refractivity contribution in [3.8, 4) is 0 Å². The van der Waals surface area contributed by atoms with E-state index in [-0.39, 0.29) is 0 Å². The predicted octanol–water partition coefficient (Wildman–Crippen LogP) is 2.28. The van der Waals surface area contributed by atoms with E-state index < -0.39 is 12.0 Å². The van der Waals surface area contributed by atoms with Crippen molar-refractivity contribution in [1.29, 1.82) is 0 Å². The minimum atomic E-state index is -0.741. The molecule has 1 heterocycles. The lowest BCUT2D eigenvalue weighted by atomic mass is 10.1. The van der Waals surface area contributed by atoms with E-state index in [0.29, 0.717) is 6.04 Å². The van der Waals surface area contributed by atoms with E-state index in [0.717, 1.165) is 23.3 Å². The highest BCUT2D eigenvalue weighted by atomic mass is 32.1. The molecule has 1 aliphatic carbocycles. The van der Waals surface area contributed by atoms with Crippen LogP contribution in [0.15, 0.2) is 11.4 Å². The Balaban J connectivity index is 2.26. The number of aryl methyl sites for hydroxylation is 1. The summed E-state index contributed by atoms with van der Waals surface area (Å²) in [7, 11) is 1.91. The van der Waals surface area contributed by atoms with Crippen molar-refractivity contribution in [2.24, 2.45) is 0 Å². The summed E-state index contributed by atoms with van der Waals surface area (Å²) in [6.07, 6.45) is 2.26. The molecule has 1 fully saturated rings. The first-order chi connectivity index (χ1) is 7.11. The van der Waals surface area contributed by atoms with Crippen LogP contribution in [0.3, 0.4) is 0 Å². The van der Waals surface area contributed by atoms with Crippen molar-refractivity contribution in [2.45, 2.75) is 31.8 Å². The zero-order chi connectivity index (χ0) is 11.0. The molecule has 15 heavy (non-hydrogen) atoms. The van der Waals surface area contributed by atoms with Crippen molar-refractivity contribution in [1.82, 2.24) is 4.90 Å². The van der Waals surface area contributed by atoms with Crippen LogP contribution in [0.1, 0.15) is 29.3 Å². The van der Waals surface area contributed by atoms with E-state index in [2.05, 4.69) is 0 Å². The first kappa shape index (κ1) is 10.6. The fraction of sp³-hybridized carbons (Fsp3) is 0.545. The van der Waals surface area contributed by atoms with Crippen LogP contribution in [0.4, 0.5) is 0 Å². The van der Waals surface area contributed by atoms with E-state index in [1.165, 1.54) is 11.3 Å². The molecule has 0 amide bonds. The second-order valence-corrected chi connectivity index (χ2v) is 5.05. The van der Waals surface area contributed by atoms with Gasteiger partial charge in [0.15, 0.2) is 0 Å². The second-order valence-electron chi connectivity index (χ2n) is 4.11. The lowest BCUT2D eigenvalue weighted by Crippen LogP contribution is -2.32. The molecule has 0 radical (unpaired) electrons. The van der Waals surface area contributed by atoms with Gasteiger partial charge in [0.1, 0.15) is 6.04 Å². The monoisotopic (exact) mass is 225 g/mol. The summed E-state index contributed by atoms with van der Waals surface area (Å²) >= 11 is 1.54. The maximum atomic E-state index is 11.3. The zero-order valence-electron chi connectivity index (χ0n) is 8.93. The molecule has 0 aliphatic heterocycles. The molecule has 1 aromatic rings. The Kier molecular flexibility index (Phi) is 2.80. The average Bonchev–Trinajstić information content (AvgIpc) is 2.93. The van der Waals surface area contributed by atoms with Crippen LogP contribution in [0.5, 0.6) is 0 Å². The van der Waals surface area contributed by atoms with Crippen molar-refractivity contribution in [3.63, 3.8) is 0 Å². The van der Waals surface area contributed by atoms with Crippen molar-refractivity contribution in [2.75, 3.05) is 7.05 Å². The molecule has 0 spiro atoms. The Labute approximate surface area is 93.3 Å². The Hall–Kier alpha value is -0.870. The number of nitrogens with zero attached hydrogens (tertiary/aromatic N) is 1. The summed E-state index contributed by atoms with van der Waals surface area (Å²) in [5.41, 5.74) is 1.08. The van der Waals surface area contributed by atoms with Crippen LogP contribution in [0, 0.1) is 6.92 Å². The summed E-state index contributed by atoms with van der Waals surface area (Å²) < 4.78 is 0. The van der Waals surface area contributed by atoms with E-state index in [4.69, 9.17) is 0 Å². The molecule has 1 N–H and O–H groups in total. The third-order valence-corrected chi connectivity index (χ3v) is 3.99. The number of carboxylic acid groups (broad SMARTS) is 1. The van der Waals surface area contributed by atoms with Gasteiger partial charge in [-0.2, -0.15) is 0 Å². The Morgan fingerprint density at radius 1 is 1.67 bits per heavy atom. The van der Waals surface area contributed by atoms with Crippen LogP contribution in [0.2, 0.25) is 0 Å². The number of hydrogen-bond donors (Lipinski definition) is 1. The Morgan fingerprint density at radius 2 is 2.33 bits per heavy atom. The fourth-order valence-corrected chi connectivity index (χ4v) is 2.90. The second kappa shape index (κ2) is 3.94. The lowest BCUT2D eigenvalue weighted by Gasteiger charge is -2.24. The minimum absolute atomic E-state index is 0.461. The summed E-state index contributed by atoms with van der Waals surface area (Å²) in [5.74, 6) is -0.741. The highest BCUT2D eigenvalue weighted by molar-refractivity contribution is 7.10. The summed E-state index contributed by atoms with van der Waals surface area (Å²) in [6.45, 7) is 1.97. The molecule has 2 rings (SSSR count). The van der Waals surface area contributed by atoms with Crippen molar-refractivity contribution >= 4 is 17.3 Å². The molecule has 0 bridgehead atoms. The van der Waals surface area contributed by atoms with E-state index in [1.807, 2.05) is 30.3 Å². The number of likely N-dealkylation sites (N-methyl/N-ethyl adjacent to an activating group) is 1. The third-order valence-electron chi connectivity index (χ3n) is 2.91. The fourth-order valence-electron chi connectivity index (χ4n) is 1.83. The SMILES string of the molecule is Cc1ccsc1C(C(=O)O)N(C)C1CC1. The van der Waals surface area contributed by atoms with Crippen LogP contribution >= 0.6 is 11.3 Å². The minimum Gasteiger partial charge on any atom is -0.480 e. The zero-order valence-corrected chi connectivity index (χ0v) is 9.75. The number of aliphatic carboxylic acids is 1. The average molecular weight is 225 g/mol. The first-order valence-corrected chi connectivity index (χ1v) is 5.98. The summed E-state index contributed by atoms with van der Waals surface area (Å²) in [6, 6.07) is 1.99. The van der Waals surface area contributed by atoms with Gasteiger partial charge in [0, 0.05) is 10.9 Å². The van der Waals surface area contributed by atoms with Crippen LogP contribution in [0.25, 0.3) is 0 Å². The first-order valence-electron chi connectivity index (χ1n) is 5.10. The topological polar surface area (TPSA) is 40.5 Å². The molecule has 1 aromatic heterocycles. The molecular formula is C11H15NO2S. The Bertz CT molecular complexity index is 370. The highest BCUT2D eigenvalue weighted by Gasteiger charge is 2.36. The van der Waals surface area contributed by atoms with Gasteiger partial charge in [-0.15, -0.1) is 11.3 Å². The molecule has 0 aromatic carbocycles. The van der Waals surface area contributed by atoms with E-state index in [9.17, 15) is 9.90 Å². The molecule has 82 valence electrons. The number of carboxylic acids is 1. The van der Waals surface area contributed by atoms with Gasteiger partial charge in [0.25, 0.3) is 0 Å². The van der Waals surface area contributed by atoms with Gasteiger partial charge in [0.05, 0.1) is 0 Å². The lowest BCUT2D eigenvalue weighted by molar-refractivity contribution is -0.143. The molecule has 1 unspecified atom stereocenters. The van der Waals surface area contributed by atoms with E-state index >= 15 is 0 Å². The molecule has 1 aliphatic rings.